The molecule has 1 heterocycles. The van der Waals surface area contributed by atoms with Crippen LogP contribution in [0, 0.1) is 0 Å². The van der Waals surface area contributed by atoms with Gasteiger partial charge in [-0.05, 0) is 73.5 Å². The molecule has 42 heavy (non-hydrogen) atoms. The van der Waals surface area contributed by atoms with Crippen molar-refractivity contribution in [2.45, 2.75) is 38.5 Å². The molecule has 0 N–H and O–H groups in total. The largest absolute Gasteiger partial charge is 0.224 e. The molecule has 200 valence electrons. The third-order valence-electron chi connectivity index (χ3n) is 9.98. The Morgan fingerprint density at radius 2 is 1.02 bits per heavy atom. The first-order valence-electron chi connectivity index (χ1n) is 14.7. The first-order valence-corrected chi connectivity index (χ1v) is 14.7. The standard InChI is InChI=1S/C39H29N3/c1-38(2)31-15-9-7-12-24(31)26-18-17-22(19-33(26)38)37-40-35-27-14-6-5-11-23(27)28-21-34-29(20-30(28)36(35)41-42-37)25-13-8-10-16-32(25)39(34,3)4/h5-21H,1-4H3. The van der Waals surface area contributed by atoms with E-state index >= 15 is 0 Å². The van der Waals surface area contributed by atoms with E-state index in [4.69, 9.17) is 15.2 Å². The van der Waals surface area contributed by atoms with Gasteiger partial charge in [0.05, 0.1) is 0 Å². The molecule has 3 nitrogen and oxygen atoms in total. The number of benzene rings is 6. The monoisotopic (exact) mass is 539 g/mol. The number of fused-ring (bicyclic) bond motifs is 12. The fourth-order valence-electron chi connectivity index (χ4n) is 7.75. The number of nitrogens with zero attached hydrogens (tertiary/aromatic N) is 3. The molecule has 0 spiro atoms. The van der Waals surface area contributed by atoms with Crippen molar-refractivity contribution in [2.75, 3.05) is 0 Å². The highest BCUT2D eigenvalue weighted by atomic mass is 15.2. The van der Waals surface area contributed by atoms with Gasteiger partial charge < -0.3 is 0 Å². The Labute approximate surface area is 244 Å². The molecule has 2 aliphatic rings. The molecule has 0 atom stereocenters. The van der Waals surface area contributed by atoms with Crippen molar-refractivity contribution in [1.29, 1.82) is 0 Å². The van der Waals surface area contributed by atoms with E-state index in [9.17, 15) is 0 Å². The van der Waals surface area contributed by atoms with E-state index in [-0.39, 0.29) is 10.8 Å². The van der Waals surface area contributed by atoms with Crippen LogP contribution < -0.4 is 0 Å². The Balaban J connectivity index is 1.30. The number of hydrogen-bond donors (Lipinski definition) is 0. The fraction of sp³-hybridized carbons (Fsp3) is 0.154. The summed E-state index contributed by atoms with van der Waals surface area (Å²) >= 11 is 0. The first-order chi connectivity index (χ1) is 20.3. The Bertz CT molecular complexity index is 2310. The quantitative estimate of drug-likeness (QED) is 0.195. The summed E-state index contributed by atoms with van der Waals surface area (Å²) in [6.45, 7) is 9.27. The van der Waals surface area contributed by atoms with Crippen molar-refractivity contribution in [1.82, 2.24) is 15.2 Å². The zero-order chi connectivity index (χ0) is 28.4. The maximum absolute atomic E-state index is 5.24. The molecule has 0 saturated heterocycles. The van der Waals surface area contributed by atoms with Crippen LogP contribution in [-0.4, -0.2) is 15.2 Å². The Morgan fingerprint density at radius 1 is 0.429 bits per heavy atom. The summed E-state index contributed by atoms with van der Waals surface area (Å²) in [5, 5.41) is 14.3. The van der Waals surface area contributed by atoms with Crippen LogP contribution in [0.2, 0.25) is 0 Å². The second-order valence-corrected chi connectivity index (χ2v) is 12.9. The minimum absolute atomic E-state index is 0.0645. The van der Waals surface area contributed by atoms with Gasteiger partial charge in [-0.2, -0.15) is 0 Å². The first kappa shape index (κ1) is 23.8. The van der Waals surface area contributed by atoms with Gasteiger partial charge in [0.1, 0.15) is 11.0 Å². The predicted molar refractivity (Wildman–Crippen MR) is 173 cm³/mol. The molecule has 9 rings (SSSR count). The second-order valence-electron chi connectivity index (χ2n) is 12.9. The Kier molecular flexibility index (Phi) is 4.47. The minimum atomic E-state index is -0.0838. The van der Waals surface area contributed by atoms with Crippen LogP contribution in [0.1, 0.15) is 49.9 Å². The predicted octanol–water partition coefficient (Wildman–Crippen LogP) is 9.61. The van der Waals surface area contributed by atoms with E-state index in [1.165, 1.54) is 55.3 Å². The average molecular weight is 540 g/mol. The van der Waals surface area contributed by atoms with Gasteiger partial charge >= 0.3 is 0 Å². The van der Waals surface area contributed by atoms with E-state index in [1.807, 2.05) is 0 Å². The summed E-state index contributed by atoms with van der Waals surface area (Å²) < 4.78 is 0. The van der Waals surface area contributed by atoms with Gasteiger partial charge in [0.15, 0.2) is 5.82 Å². The number of aromatic nitrogens is 3. The zero-order valence-electron chi connectivity index (χ0n) is 24.2. The topological polar surface area (TPSA) is 38.7 Å². The second kappa shape index (κ2) is 7.89. The molecule has 0 bridgehead atoms. The maximum atomic E-state index is 5.24. The number of hydrogen-bond acceptors (Lipinski definition) is 3. The maximum Gasteiger partial charge on any atom is 0.182 e. The van der Waals surface area contributed by atoms with E-state index in [1.54, 1.807) is 0 Å². The molecule has 6 aromatic carbocycles. The fourth-order valence-corrected chi connectivity index (χ4v) is 7.75. The van der Waals surface area contributed by atoms with Crippen molar-refractivity contribution in [3.63, 3.8) is 0 Å². The van der Waals surface area contributed by atoms with Crippen LogP contribution in [0.25, 0.3) is 66.2 Å². The molecule has 0 radical (unpaired) electrons. The Hall–Kier alpha value is -4.89. The molecule has 7 aromatic rings. The summed E-state index contributed by atoms with van der Waals surface area (Å²) in [5.74, 6) is 0.661. The molecule has 1 aromatic heterocycles. The third kappa shape index (κ3) is 2.93. The van der Waals surface area contributed by atoms with Gasteiger partial charge in [-0.25, -0.2) is 4.98 Å². The lowest BCUT2D eigenvalue weighted by Crippen LogP contribution is -2.15. The normalized spacial score (nSPS) is 15.5. The summed E-state index contributed by atoms with van der Waals surface area (Å²) in [6.07, 6.45) is 0. The highest BCUT2D eigenvalue weighted by Crippen LogP contribution is 2.52. The lowest BCUT2D eigenvalue weighted by Gasteiger charge is -2.22. The molecule has 3 heteroatoms. The summed E-state index contributed by atoms with van der Waals surface area (Å²) in [6, 6.07) is 37.5. The van der Waals surface area contributed by atoms with E-state index < -0.39 is 0 Å². The summed E-state index contributed by atoms with van der Waals surface area (Å²) in [4.78, 5) is 5.24. The highest BCUT2D eigenvalue weighted by molar-refractivity contribution is 6.24. The van der Waals surface area contributed by atoms with Crippen molar-refractivity contribution < 1.29 is 0 Å². The van der Waals surface area contributed by atoms with Gasteiger partial charge in [-0.3, -0.25) is 0 Å². The van der Waals surface area contributed by atoms with Crippen LogP contribution >= 0.6 is 0 Å². The SMILES string of the molecule is CC1(C)c2ccccc2-c2ccc(-c3nnc4c5cc6c(cc5c5ccccc5c4n3)C(C)(C)c3ccccc3-6)cc21. The molecule has 2 aliphatic carbocycles. The summed E-state index contributed by atoms with van der Waals surface area (Å²) in [7, 11) is 0. The van der Waals surface area contributed by atoms with Gasteiger partial charge in [0.25, 0.3) is 0 Å². The molecule has 0 saturated carbocycles. The molecule has 0 unspecified atom stereocenters. The van der Waals surface area contributed by atoms with Crippen LogP contribution in [0.15, 0.2) is 103 Å². The number of rotatable bonds is 1. The lowest BCUT2D eigenvalue weighted by atomic mass is 9.81. The van der Waals surface area contributed by atoms with Crippen molar-refractivity contribution in [3.05, 3.63) is 125 Å². The van der Waals surface area contributed by atoms with E-state index in [2.05, 4.69) is 131 Å². The molecule has 0 fully saturated rings. The highest BCUT2D eigenvalue weighted by Gasteiger charge is 2.37. The smallest absolute Gasteiger partial charge is 0.182 e. The zero-order valence-corrected chi connectivity index (χ0v) is 24.2. The van der Waals surface area contributed by atoms with Crippen LogP contribution in [0.5, 0.6) is 0 Å². The molecular formula is C39H29N3. The molecule has 0 amide bonds. The van der Waals surface area contributed by atoms with Gasteiger partial charge in [0, 0.05) is 27.2 Å². The minimum Gasteiger partial charge on any atom is -0.224 e. The van der Waals surface area contributed by atoms with E-state index in [0.717, 1.165) is 27.4 Å². The van der Waals surface area contributed by atoms with Crippen LogP contribution in [0.4, 0.5) is 0 Å². The van der Waals surface area contributed by atoms with Gasteiger partial charge in [-0.15, -0.1) is 10.2 Å². The van der Waals surface area contributed by atoms with Crippen LogP contribution in [-0.2, 0) is 10.8 Å². The van der Waals surface area contributed by atoms with Crippen molar-refractivity contribution >= 4 is 32.6 Å². The van der Waals surface area contributed by atoms with Crippen molar-refractivity contribution in [3.8, 4) is 33.6 Å². The lowest BCUT2D eigenvalue weighted by molar-refractivity contribution is 0.660. The van der Waals surface area contributed by atoms with Gasteiger partial charge in [-0.1, -0.05) is 113 Å². The molecule has 0 aliphatic heterocycles. The Morgan fingerprint density at radius 3 is 1.76 bits per heavy atom. The molecular weight excluding hydrogens is 510 g/mol. The average Bonchev–Trinajstić information content (AvgIpc) is 3.39. The van der Waals surface area contributed by atoms with Gasteiger partial charge in [0.2, 0.25) is 0 Å². The summed E-state index contributed by atoms with van der Waals surface area (Å²) in [5.41, 5.74) is 13.2. The third-order valence-corrected chi connectivity index (χ3v) is 9.98. The van der Waals surface area contributed by atoms with E-state index in [0.29, 0.717) is 5.82 Å². The van der Waals surface area contributed by atoms with Crippen LogP contribution in [0.3, 0.4) is 0 Å². The van der Waals surface area contributed by atoms with Crippen molar-refractivity contribution in [2.24, 2.45) is 0 Å².